The van der Waals surface area contributed by atoms with Crippen LogP contribution in [0.5, 0.6) is 0 Å². The van der Waals surface area contributed by atoms with Gasteiger partial charge in [-0.2, -0.15) is 4.68 Å². The van der Waals surface area contributed by atoms with Gasteiger partial charge in [-0.05, 0) is 48.6 Å². The highest BCUT2D eigenvalue weighted by Gasteiger charge is 2.33. The number of nitrogens with zero attached hydrogens (tertiary/aromatic N) is 2. The summed E-state index contributed by atoms with van der Waals surface area (Å²) in [5.74, 6) is -1.20. The molecule has 0 saturated carbocycles. The van der Waals surface area contributed by atoms with Crippen molar-refractivity contribution in [3.63, 3.8) is 0 Å². The Kier molecular flexibility index (Phi) is 8.18. The molecule has 0 fully saturated rings. The van der Waals surface area contributed by atoms with Crippen LogP contribution in [0.2, 0.25) is 0 Å². The molecule has 3 aromatic rings. The molecule has 2 amide bonds. The van der Waals surface area contributed by atoms with Gasteiger partial charge in [0, 0.05) is 6.42 Å². The molecule has 0 unspecified atom stereocenters. The Bertz CT molecular complexity index is 1210. The normalized spacial score (nSPS) is 12.1. The van der Waals surface area contributed by atoms with E-state index in [9.17, 15) is 24.4 Å². The molecule has 9 nitrogen and oxygen atoms in total. The van der Waals surface area contributed by atoms with Crippen LogP contribution in [-0.4, -0.2) is 32.7 Å². The predicted octanol–water partition coefficient (Wildman–Crippen LogP) is 2.55. The lowest BCUT2D eigenvalue weighted by Gasteiger charge is -2.30. The van der Waals surface area contributed by atoms with Crippen LogP contribution < -0.4 is 21.7 Å². The standard InChI is InChI=1S/C23H28N4O5S/c1-15(2)11-12-19(28)26(27-22(30)20-17(13-14-33-20)24-23(27)31)18(21(29)25-32)10-6-9-16-7-4-3-5-8-16/h3-5,7-8,13-15,18,32H,6,9-12H2,1-2H3,(H,24,31)(H,25,29)/t18-/m0/s1. The minimum Gasteiger partial charge on any atom is -0.304 e. The maximum atomic E-state index is 13.3. The molecule has 0 spiro atoms. The smallest absolute Gasteiger partial charge is 0.304 e. The SMILES string of the molecule is CC(C)CCC(=O)N([C@@H](CCCc1ccccc1)C(=O)NO)n1c(=O)[nH]c2ccsc2c1=O. The summed E-state index contributed by atoms with van der Waals surface area (Å²) in [6.45, 7) is 3.90. The third kappa shape index (κ3) is 5.77. The lowest BCUT2D eigenvalue weighted by Crippen LogP contribution is -2.61. The van der Waals surface area contributed by atoms with Gasteiger partial charge in [0.2, 0.25) is 5.91 Å². The first-order valence-electron chi connectivity index (χ1n) is 10.9. The Morgan fingerprint density at radius 1 is 1.15 bits per heavy atom. The molecule has 0 radical (unpaired) electrons. The van der Waals surface area contributed by atoms with E-state index in [4.69, 9.17) is 0 Å². The molecule has 0 bridgehead atoms. The van der Waals surface area contributed by atoms with Crippen LogP contribution in [0.15, 0.2) is 51.4 Å². The minimum atomic E-state index is -1.24. The van der Waals surface area contributed by atoms with Gasteiger partial charge in [-0.25, -0.2) is 15.3 Å². The van der Waals surface area contributed by atoms with Crippen LogP contribution in [0.3, 0.4) is 0 Å². The zero-order valence-corrected chi connectivity index (χ0v) is 19.4. The van der Waals surface area contributed by atoms with Crippen molar-refractivity contribution in [2.45, 2.75) is 52.0 Å². The first kappa shape index (κ1) is 24.4. The summed E-state index contributed by atoms with van der Waals surface area (Å²) < 4.78 is 0.966. The summed E-state index contributed by atoms with van der Waals surface area (Å²) in [6.07, 6.45) is 1.81. The second kappa shape index (κ2) is 11.1. The van der Waals surface area contributed by atoms with E-state index in [0.717, 1.165) is 21.9 Å². The number of hydrogen-bond donors (Lipinski definition) is 3. The summed E-state index contributed by atoms with van der Waals surface area (Å²) in [5, 5.41) is 12.0. The molecular formula is C23H28N4O5S. The number of H-pyrrole nitrogens is 1. The highest BCUT2D eigenvalue weighted by molar-refractivity contribution is 7.17. The Labute approximate surface area is 194 Å². The number of rotatable bonds is 10. The van der Waals surface area contributed by atoms with Crippen molar-refractivity contribution in [2.75, 3.05) is 5.01 Å². The van der Waals surface area contributed by atoms with Crippen LogP contribution in [0.25, 0.3) is 10.2 Å². The quantitative estimate of drug-likeness (QED) is 0.309. The number of carbonyl (C=O) groups excluding carboxylic acids is 2. The van der Waals surface area contributed by atoms with E-state index in [-0.39, 0.29) is 23.5 Å². The molecule has 1 aromatic carbocycles. The Morgan fingerprint density at radius 2 is 1.88 bits per heavy atom. The fourth-order valence-electron chi connectivity index (χ4n) is 3.66. The summed E-state index contributed by atoms with van der Waals surface area (Å²) in [7, 11) is 0. The molecule has 1 atom stereocenters. The Hall–Kier alpha value is -3.24. The number of aromatic nitrogens is 2. The topological polar surface area (TPSA) is 124 Å². The Morgan fingerprint density at radius 3 is 2.55 bits per heavy atom. The fraction of sp³-hybridized carbons (Fsp3) is 0.391. The maximum Gasteiger partial charge on any atom is 0.348 e. The summed E-state index contributed by atoms with van der Waals surface area (Å²) >= 11 is 1.13. The number of hydrogen-bond acceptors (Lipinski definition) is 6. The van der Waals surface area contributed by atoms with Crippen molar-refractivity contribution in [1.29, 1.82) is 0 Å². The van der Waals surface area contributed by atoms with Gasteiger partial charge < -0.3 is 4.98 Å². The average Bonchev–Trinajstić information content (AvgIpc) is 3.27. The molecule has 2 heterocycles. The Balaban J connectivity index is 2.01. The van der Waals surface area contributed by atoms with Crippen LogP contribution >= 0.6 is 11.3 Å². The van der Waals surface area contributed by atoms with E-state index in [1.807, 2.05) is 44.2 Å². The summed E-state index contributed by atoms with van der Waals surface area (Å²) in [4.78, 5) is 54.6. The highest BCUT2D eigenvalue weighted by Crippen LogP contribution is 2.16. The predicted molar refractivity (Wildman–Crippen MR) is 127 cm³/mol. The number of thiophene rings is 1. The van der Waals surface area contributed by atoms with E-state index in [2.05, 4.69) is 4.98 Å². The first-order chi connectivity index (χ1) is 15.8. The molecule has 0 aliphatic rings. The van der Waals surface area contributed by atoms with E-state index in [1.54, 1.807) is 16.9 Å². The zero-order chi connectivity index (χ0) is 24.0. The summed E-state index contributed by atoms with van der Waals surface area (Å²) in [6, 6.07) is 9.98. The zero-order valence-electron chi connectivity index (χ0n) is 18.6. The molecule has 33 heavy (non-hydrogen) atoms. The van der Waals surface area contributed by atoms with Crippen molar-refractivity contribution in [2.24, 2.45) is 5.92 Å². The number of amides is 2. The van der Waals surface area contributed by atoms with E-state index in [1.165, 1.54) is 0 Å². The molecule has 10 heteroatoms. The molecule has 0 aliphatic heterocycles. The fourth-order valence-corrected chi connectivity index (χ4v) is 4.43. The van der Waals surface area contributed by atoms with Gasteiger partial charge in [0.15, 0.2) is 0 Å². The van der Waals surface area contributed by atoms with Crippen LogP contribution in [0, 0.1) is 5.92 Å². The third-order valence-corrected chi connectivity index (χ3v) is 6.29. The van der Waals surface area contributed by atoms with Crippen molar-refractivity contribution < 1.29 is 14.8 Å². The molecule has 0 aliphatic carbocycles. The highest BCUT2D eigenvalue weighted by atomic mass is 32.1. The van der Waals surface area contributed by atoms with Gasteiger partial charge in [-0.15, -0.1) is 11.3 Å². The van der Waals surface area contributed by atoms with Crippen molar-refractivity contribution in [3.8, 4) is 0 Å². The van der Waals surface area contributed by atoms with Gasteiger partial charge in [0.25, 0.3) is 11.5 Å². The lowest BCUT2D eigenvalue weighted by molar-refractivity contribution is -0.134. The van der Waals surface area contributed by atoms with Crippen LogP contribution in [0.1, 0.15) is 45.1 Å². The minimum absolute atomic E-state index is 0.0416. The molecule has 176 valence electrons. The van der Waals surface area contributed by atoms with Gasteiger partial charge in [-0.1, -0.05) is 44.2 Å². The van der Waals surface area contributed by atoms with Crippen LogP contribution in [-0.2, 0) is 16.0 Å². The maximum absolute atomic E-state index is 13.3. The average molecular weight is 473 g/mol. The number of nitrogens with one attached hydrogen (secondary N) is 2. The number of fused-ring (bicyclic) bond motifs is 1. The van der Waals surface area contributed by atoms with Gasteiger partial charge in [0.1, 0.15) is 10.7 Å². The molecule has 2 aromatic heterocycles. The van der Waals surface area contributed by atoms with Gasteiger partial charge >= 0.3 is 5.69 Å². The van der Waals surface area contributed by atoms with E-state index >= 15 is 0 Å². The number of aryl methyl sites for hydroxylation is 1. The molecule has 3 N–H and O–H groups in total. The van der Waals surface area contributed by atoms with Crippen molar-refractivity contribution in [3.05, 3.63) is 68.2 Å². The monoisotopic (exact) mass is 472 g/mol. The number of hydroxylamine groups is 1. The second-order valence-corrected chi connectivity index (χ2v) is 9.17. The number of benzene rings is 1. The van der Waals surface area contributed by atoms with E-state index in [0.29, 0.717) is 29.5 Å². The molecular weight excluding hydrogens is 444 g/mol. The first-order valence-corrected chi connectivity index (χ1v) is 11.7. The second-order valence-electron chi connectivity index (χ2n) is 8.25. The van der Waals surface area contributed by atoms with Crippen LogP contribution in [0.4, 0.5) is 0 Å². The summed E-state index contributed by atoms with van der Waals surface area (Å²) in [5.41, 5.74) is 1.52. The van der Waals surface area contributed by atoms with Gasteiger partial charge in [0.05, 0.1) is 5.52 Å². The molecule has 3 rings (SSSR count). The van der Waals surface area contributed by atoms with Crippen molar-refractivity contribution >= 4 is 33.4 Å². The van der Waals surface area contributed by atoms with E-state index < -0.39 is 29.1 Å². The van der Waals surface area contributed by atoms with Crippen molar-refractivity contribution in [1.82, 2.24) is 15.1 Å². The number of carbonyl (C=O) groups is 2. The number of aromatic amines is 1. The molecule has 0 saturated heterocycles. The third-order valence-electron chi connectivity index (χ3n) is 5.39. The van der Waals surface area contributed by atoms with Gasteiger partial charge in [-0.3, -0.25) is 19.6 Å². The largest absolute Gasteiger partial charge is 0.348 e. The lowest BCUT2D eigenvalue weighted by atomic mass is 10.0.